The van der Waals surface area contributed by atoms with Crippen molar-refractivity contribution in [3.8, 4) is 17.2 Å². The molecule has 1 heterocycles. The summed E-state index contributed by atoms with van der Waals surface area (Å²) in [7, 11) is -2.17. The highest BCUT2D eigenvalue weighted by Gasteiger charge is 2.18. The highest BCUT2D eigenvalue weighted by molar-refractivity contribution is 7.92. The molecule has 3 aromatic rings. The molecule has 0 radical (unpaired) electrons. The monoisotopic (exact) mass is 387 g/mol. The van der Waals surface area contributed by atoms with Crippen LogP contribution in [0.25, 0.3) is 11.5 Å². The molecule has 2 aromatic carbocycles. The van der Waals surface area contributed by atoms with Gasteiger partial charge in [-0.3, -0.25) is 4.72 Å². The van der Waals surface area contributed by atoms with Crippen LogP contribution in [0.1, 0.15) is 31.2 Å². The number of anilines is 1. The molecule has 0 spiro atoms. The zero-order valence-electron chi connectivity index (χ0n) is 15.6. The van der Waals surface area contributed by atoms with Crippen LogP contribution in [0.3, 0.4) is 0 Å². The van der Waals surface area contributed by atoms with E-state index in [0.717, 1.165) is 5.56 Å². The van der Waals surface area contributed by atoms with E-state index in [2.05, 4.69) is 14.9 Å². The summed E-state index contributed by atoms with van der Waals surface area (Å²) >= 11 is 0. The Hall–Kier alpha value is -2.87. The van der Waals surface area contributed by atoms with Crippen molar-refractivity contribution >= 4 is 15.7 Å². The van der Waals surface area contributed by atoms with Crippen molar-refractivity contribution in [3.63, 3.8) is 0 Å². The van der Waals surface area contributed by atoms with Crippen LogP contribution in [-0.2, 0) is 10.0 Å². The zero-order valence-corrected chi connectivity index (χ0v) is 16.4. The van der Waals surface area contributed by atoms with Gasteiger partial charge < -0.3 is 9.26 Å². The van der Waals surface area contributed by atoms with E-state index in [9.17, 15) is 8.42 Å². The number of benzene rings is 2. The Balaban J connectivity index is 1.81. The fourth-order valence-electron chi connectivity index (χ4n) is 2.53. The quantitative estimate of drug-likeness (QED) is 0.687. The molecule has 27 heavy (non-hydrogen) atoms. The second-order valence-electron chi connectivity index (χ2n) is 6.43. The molecule has 0 amide bonds. The minimum atomic E-state index is -3.71. The lowest BCUT2D eigenvalue weighted by molar-refractivity contribution is 0.414. The number of aryl methyl sites for hydroxylation is 1. The number of rotatable bonds is 6. The van der Waals surface area contributed by atoms with E-state index in [4.69, 9.17) is 9.26 Å². The highest BCUT2D eigenvalue weighted by atomic mass is 32.2. The first kappa shape index (κ1) is 18.9. The third kappa shape index (κ3) is 4.11. The van der Waals surface area contributed by atoms with Crippen molar-refractivity contribution in [3.05, 3.63) is 53.9 Å². The first-order chi connectivity index (χ1) is 12.8. The van der Waals surface area contributed by atoms with E-state index in [1.165, 1.54) is 13.2 Å². The lowest BCUT2D eigenvalue weighted by atomic mass is 10.2. The van der Waals surface area contributed by atoms with E-state index >= 15 is 0 Å². The Morgan fingerprint density at radius 3 is 2.37 bits per heavy atom. The Morgan fingerprint density at radius 2 is 1.81 bits per heavy atom. The van der Waals surface area contributed by atoms with Gasteiger partial charge in [0.15, 0.2) is 5.82 Å². The van der Waals surface area contributed by atoms with Gasteiger partial charge >= 0.3 is 0 Å². The van der Waals surface area contributed by atoms with E-state index in [-0.39, 0.29) is 10.8 Å². The predicted octanol–water partition coefficient (Wildman–Crippen LogP) is 3.98. The van der Waals surface area contributed by atoms with Gasteiger partial charge in [-0.15, -0.1) is 0 Å². The van der Waals surface area contributed by atoms with Crippen molar-refractivity contribution in [2.75, 3.05) is 11.8 Å². The summed E-state index contributed by atoms with van der Waals surface area (Å²) in [6.07, 6.45) is 0. The summed E-state index contributed by atoms with van der Waals surface area (Å²) in [6, 6.07) is 11.6. The molecule has 142 valence electrons. The van der Waals surface area contributed by atoms with Gasteiger partial charge in [-0.2, -0.15) is 4.98 Å². The van der Waals surface area contributed by atoms with E-state index < -0.39 is 10.0 Å². The number of hydrogen-bond donors (Lipinski definition) is 1. The maximum atomic E-state index is 12.7. The molecule has 0 atom stereocenters. The largest absolute Gasteiger partial charge is 0.497 e. The third-order valence-corrected chi connectivity index (χ3v) is 5.56. The Bertz CT molecular complexity index is 1040. The zero-order chi connectivity index (χ0) is 19.6. The standard InChI is InChI=1S/C19H21N3O4S/c1-12(2)18-20-19(26-21-18)14-5-7-15(8-6-14)22-27(23,24)17-10-9-16(25-4)11-13(17)3/h5-12,22H,1-4H3. The van der Waals surface area contributed by atoms with Crippen LogP contribution in [0.5, 0.6) is 5.75 Å². The molecule has 0 aliphatic carbocycles. The number of methoxy groups -OCH3 is 1. The van der Waals surface area contributed by atoms with Crippen molar-refractivity contribution in [2.45, 2.75) is 31.6 Å². The van der Waals surface area contributed by atoms with Crippen LogP contribution in [0.2, 0.25) is 0 Å². The first-order valence-electron chi connectivity index (χ1n) is 8.41. The molecule has 1 aromatic heterocycles. The van der Waals surface area contributed by atoms with Gasteiger partial charge in [0.25, 0.3) is 15.9 Å². The van der Waals surface area contributed by atoms with Gasteiger partial charge in [0.1, 0.15) is 5.75 Å². The number of hydrogen-bond acceptors (Lipinski definition) is 6. The molecule has 0 saturated carbocycles. The van der Waals surface area contributed by atoms with E-state index in [0.29, 0.717) is 28.7 Å². The summed E-state index contributed by atoms with van der Waals surface area (Å²) < 4.78 is 38.3. The normalized spacial score (nSPS) is 11.6. The van der Waals surface area contributed by atoms with Gasteiger partial charge in [-0.05, 0) is 55.0 Å². The molecule has 0 aliphatic heterocycles. The summed E-state index contributed by atoms with van der Waals surface area (Å²) in [5, 5.41) is 3.93. The Kier molecular flexibility index (Phi) is 5.18. The lowest BCUT2D eigenvalue weighted by Gasteiger charge is -2.11. The first-order valence-corrected chi connectivity index (χ1v) is 9.90. The molecule has 3 rings (SSSR count). The highest BCUT2D eigenvalue weighted by Crippen LogP contribution is 2.25. The van der Waals surface area contributed by atoms with Gasteiger partial charge in [0.05, 0.1) is 12.0 Å². The molecular formula is C19H21N3O4S. The van der Waals surface area contributed by atoms with Crippen LogP contribution in [0.15, 0.2) is 51.9 Å². The number of nitrogens with one attached hydrogen (secondary N) is 1. The molecule has 0 unspecified atom stereocenters. The van der Waals surface area contributed by atoms with Gasteiger partial charge in [0, 0.05) is 17.2 Å². The SMILES string of the molecule is COc1ccc(S(=O)(=O)Nc2ccc(-c3nc(C(C)C)no3)cc2)c(C)c1. The second kappa shape index (κ2) is 7.40. The van der Waals surface area contributed by atoms with Crippen molar-refractivity contribution in [2.24, 2.45) is 0 Å². The topological polar surface area (TPSA) is 94.3 Å². The third-order valence-electron chi connectivity index (χ3n) is 4.01. The smallest absolute Gasteiger partial charge is 0.262 e. The number of sulfonamides is 1. The molecule has 8 heteroatoms. The second-order valence-corrected chi connectivity index (χ2v) is 8.08. The van der Waals surface area contributed by atoms with Crippen LogP contribution in [0.4, 0.5) is 5.69 Å². The predicted molar refractivity (Wildman–Crippen MR) is 102 cm³/mol. The van der Waals surface area contributed by atoms with Crippen molar-refractivity contribution in [1.82, 2.24) is 10.1 Å². The maximum Gasteiger partial charge on any atom is 0.262 e. The lowest BCUT2D eigenvalue weighted by Crippen LogP contribution is -2.14. The van der Waals surface area contributed by atoms with Gasteiger partial charge in [0.2, 0.25) is 0 Å². The minimum Gasteiger partial charge on any atom is -0.497 e. The average Bonchev–Trinajstić information content (AvgIpc) is 3.12. The molecule has 0 aliphatic rings. The molecule has 0 bridgehead atoms. The van der Waals surface area contributed by atoms with Crippen molar-refractivity contribution < 1.29 is 17.7 Å². The fourth-order valence-corrected chi connectivity index (χ4v) is 3.81. The van der Waals surface area contributed by atoms with Gasteiger partial charge in [-0.25, -0.2) is 8.42 Å². The molecule has 0 fully saturated rings. The van der Waals surface area contributed by atoms with Crippen molar-refractivity contribution in [1.29, 1.82) is 0 Å². The maximum absolute atomic E-state index is 12.7. The Morgan fingerprint density at radius 1 is 1.11 bits per heavy atom. The summed E-state index contributed by atoms with van der Waals surface area (Å²) in [5.41, 5.74) is 1.76. The summed E-state index contributed by atoms with van der Waals surface area (Å²) in [4.78, 5) is 4.53. The average molecular weight is 387 g/mol. The number of aromatic nitrogens is 2. The Labute approximate surface area is 158 Å². The van der Waals surface area contributed by atoms with Gasteiger partial charge in [-0.1, -0.05) is 19.0 Å². The molecular weight excluding hydrogens is 366 g/mol. The molecule has 0 saturated heterocycles. The van der Waals surface area contributed by atoms with Crippen LogP contribution >= 0.6 is 0 Å². The van der Waals surface area contributed by atoms with Crippen LogP contribution in [-0.4, -0.2) is 25.7 Å². The molecule has 7 nitrogen and oxygen atoms in total. The molecule has 1 N–H and O–H groups in total. The minimum absolute atomic E-state index is 0.168. The fraction of sp³-hybridized carbons (Fsp3) is 0.263. The van der Waals surface area contributed by atoms with E-state index in [1.807, 2.05) is 13.8 Å². The van der Waals surface area contributed by atoms with Crippen LogP contribution in [0, 0.1) is 6.92 Å². The number of nitrogens with zero attached hydrogens (tertiary/aromatic N) is 2. The number of ether oxygens (including phenoxy) is 1. The van der Waals surface area contributed by atoms with E-state index in [1.54, 1.807) is 43.3 Å². The summed E-state index contributed by atoms with van der Waals surface area (Å²) in [6.45, 7) is 5.68. The summed E-state index contributed by atoms with van der Waals surface area (Å²) in [5.74, 6) is 1.81. The van der Waals surface area contributed by atoms with Crippen LogP contribution < -0.4 is 9.46 Å².